The van der Waals surface area contributed by atoms with Crippen molar-refractivity contribution in [2.45, 2.75) is 193 Å². The Labute approximate surface area is 587 Å². The van der Waals surface area contributed by atoms with Gasteiger partial charge in [0.1, 0.15) is 116 Å². The Morgan fingerprint density at radius 1 is 0.437 bits per heavy atom. The van der Waals surface area contributed by atoms with Crippen LogP contribution in [-0.4, -0.2) is 313 Å². The van der Waals surface area contributed by atoms with Crippen molar-refractivity contribution in [3.8, 4) is 0 Å². The van der Waals surface area contributed by atoms with Crippen LogP contribution in [0.15, 0.2) is 84.3 Å². The summed E-state index contributed by atoms with van der Waals surface area (Å²) in [6.45, 7) is 7.78. The summed E-state index contributed by atoms with van der Waals surface area (Å²) in [4.78, 5) is 71.3. The van der Waals surface area contributed by atoms with Gasteiger partial charge in [-0.25, -0.2) is 19.2 Å². The van der Waals surface area contributed by atoms with Crippen LogP contribution in [-0.2, 0) is 99.8 Å². The Morgan fingerprint density at radius 2 is 0.757 bits per heavy atom. The van der Waals surface area contributed by atoms with Crippen LogP contribution in [0.4, 0.5) is 0 Å². The largest absolute Gasteiger partial charge is 0.472 e. The van der Waals surface area contributed by atoms with E-state index in [1.165, 1.54) is 18.2 Å². The topological polar surface area (TPSA) is 557 Å². The van der Waals surface area contributed by atoms with Crippen LogP contribution in [0.25, 0.3) is 0 Å². The number of hydrogen-bond donors (Lipinski definition) is 16. The number of aliphatic hydroxyl groups is 16. The lowest BCUT2D eigenvalue weighted by molar-refractivity contribution is -0.342. The number of esters is 4. The van der Waals surface area contributed by atoms with E-state index >= 15 is 9.59 Å². The van der Waals surface area contributed by atoms with Gasteiger partial charge in [0.2, 0.25) is 25.2 Å². The number of rotatable bonds is 24. The molecule has 0 radical (unpaired) electrons. The van der Waals surface area contributed by atoms with E-state index in [1.54, 1.807) is 13.8 Å². The van der Waals surface area contributed by atoms with Gasteiger partial charge in [-0.15, -0.1) is 13.2 Å². The number of ether oxygens (including phenoxy) is 16. The zero-order valence-corrected chi connectivity index (χ0v) is 56.0. The molecule has 16 N–H and O–H groups in total. The van der Waals surface area contributed by atoms with Gasteiger partial charge in [-0.3, -0.25) is 4.79 Å². The minimum atomic E-state index is -2.02. The lowest BCUT2D eigenvalue weighted by atomic mass is 9.76. The molecule has 37 heteroatoms. The molecule has 10 rings (SSSR count). The third kappa shape index (κ3) is 15.6. The van der Waals surface area contributed by atoms with Gasteiger partial charge in [0.05, 0.1) is 93.9 Å². The fourth-order valence-corrected chi connectivity index (χ4v) is 15.2. The molecule has 36 atom stereocenters. The molecule has 8 heterocycles. The third-order valence-electron chi connectivity index (χ3n) is 21.2. The molecule has 0 aromatic heterocycles. The Hall–Kier alpha value is -6.03. The molecule has 576 valence electrons. The maximum Gasteiger partial charge on any atom is 0.338 e. The van der Waals surface area contributed by atoms with E-state index in [0.717, 1.165) is 39.3 Å². The fraction of sp³-hybridized carbons (Fsp3) is 0.712. The van der Waals surface area contributed by atoms with Gasteiger partial charge < -0.3 is 157 Å². The lowest BCUT2D eigenvalue weighted by Gasteiger charge is -2.43. The smallest absolute Gasteiger partial charge is 0.338 e. The first-order valence-corrected chi connectivity index (χ1v) is 33.4. The number of allylic oxidation sites excluding steroid dienone is 2. The van der Waals surface area contributed by atoms with Crippen LogP contribution in [0.1, 0.15) is 33.1 Å². The number of aldehydes is 1. The average molecular weight is 1480 g/mol. The summed E-state index contributed by atoms with van der Waals surface area (Å²) in [6.07, 6.45) is -37.1. The van der Waals surface area contributed by atoms with Gasteiger partial charge in [0.15, 0.2) is 25.2 Å². The van der Waals surface area contributed by atoms with Crippen molar-refractivity contribution in [1.29, 1.82) is 0 Å². The van der Waals surface area contributed by atoms with Crippen LogP contribution in [0.2, 0.25) is 0 Å². The summed E-state index contributed by atoms with van der Waals surface area (Å²) in [6, 6.07) is 0. The predicted molar refractivity (Wildman–Crippen MR) is 330 cm³/mol. The van der Waals surface area contributed by atoms with Gasteiger partial charge in [-0.05, 0) is 24.8 Å². The molecule has 6 fully saturated rings. The van der Waals surface area contributed by atoms with Crippen LogP contribution < -0.4 is 0 Å². The standard InChI is InChI=1S/C66H90O37/c1-7-25-27(30(18-90-59(25)100-63-51(80)47(76)43(72)36(14-68)96-63)57(86)94-34-11-28-31(55(84)88-5)19-92-61(40(28)22(34)3)102-65-53(82)49(78)45(74)38(16-70)98-65)10-9-24(13-67)42-26(8-2)60(101-64-52(81)48(77)44(73)37(15-69)97-64)91-21-33(42)58(87)95-35-12-29-32(56(85)89-6)20-93-62(41(29)23(35)4)103-66-54(83)50(79)46(75)39(17-71)99-66/h7-9,13,18-23,25-29,34-54,59-66,68-83H,1-2,10-12,14-17H2,3-6H3/b24-9-/t22-,23-,25?,26?,27?,28+,29+,34-,35-,36+,37+,38+,39+,40+,41+,42?,43+,44+,45+,46+,47-,48-,49-,50-,51+,52+,53+,54+,59?,60?,61?,62?,63-,64-,65-,66-/m0/s1. The normalized spacial score (nSPS) is 45.3. The van der Waals surface area contributed by atoms with Crippen molar-refractivity contribution in [3.63, 3.8) is 0 Å². The molecule has 2 aliphatic carbocycles. The van der Waals surface area contributed by atoms with Gasteiger partial charge in [-0.1, -0.05) is 32.1 Å². The highest BCUT2D eigenvalue weighted by atomic mass is 16.8. The molecule has 0 aromatic carbocycles. The SMILES string of the molecule is C=CC1C(O[C@@H]2O[C@H](CO)[C@@H](O)[C@H](O)[C@H]2O)OC=C(C(=O)O[C@H]2C[C@@H]3C(C(=O)OC)=COC(O[C@@H]4O[C@H](CO)[C@@H](O)[C@H](O)[C@H]4O)[C@@H]3[C@H]2C)C1C/C=C(/C=O)C1C(C(=O)O[C@H]2C[C@@H]3C(C(=O)OC)=COC(O[C@@H]4O[C@H](CO)[C@@H](O)[C@H](O)[C@H]4O)[C@@H]3[C@H]2C)=COC(O[C@@H]2O[C@H](CO)[C@@H](O)[C@H](O)[C@H]2O)C1C=C. The lowest BCUT2D eigenvalue weighted by Crippen LogP contribution is -2.60. The maximum atomic E-state index is 15.3. The molecular weight excluding hydrogens is 1380 g/mol. The molecular formula is C66H90O37. The van der Waals surface area contributed by atoms with E-state index in [9.17, 15) is 96.1 Å². The molecule has 0 bridgehead atoms. The second-order valence-electron chi connectivity index (χ2n) is 26.8. The quantitative estimate of drug-likeness (QED) is 0.0140. The molecule has 0 amide bonds. The number of carbonyl (C=O) groups excluding carboxylic acids is 5. The predicted octanol–water partition coefficient (Wildman–Crippen LogP) is -6.72. The van der Waals surface area contributed by atoms with Crippen molar-refractivity contribution in [3.05, 3.63) is 84.3 Å². The molecule has 37 nitrogen and oxygen atoms in total. The molecule has 8 aliphatic heterocycles. The first-order chi connectivity index (χ1) is 49.1. The summed E-state index contributed by atoms with van der Waals surface area (Å²) in [5.41, 5.74) is -1.13. The van der Waals surface area contributed by atoms with Crippen molar-refractivity contribution >= 4 is 30.2 Å². The second-order valence-corrected chi connectivity index (χ2v) is 26.8. The first kappa shape index (κ1) is 79.5. The molecule has 10 aliphatic rings. The van der Waals surface area contributed by atoms with E-state index in [4.69, 9.17) is 75.8 Å². The summed E-state index contributed by atoms with van der Waals surface area (Å²) >= 11 is 0. The molecule has 0 spiro atoms. The van der Waals surface area contributed by atoms with Gasteiger partial charge >= 0.3 is 23.9 Å². The number of aliphatic hydroxyl groups excluding tert-OH is 16. The minimum absolute atomic E-state index is 0.0243. The van der Waals surface area contributed by atoms with Crippen LogP contribution in [0.3, 0.4) is 0 Å². The summed E-state index contributed by atoms with van der Waals surface area (Å²) in [5.74, 6) is -15.1. The van der Waals surface area contributed by atoms with Crippen LogP contribution in [0, 0.1) is 59.2 Å². The van der Waals surface area contributed by atoms with E-state index in [0.29, 0.717) is 6.29 Å². The number of fused-ring (bicyclic) bond motifs is 2. The van der Waals surface area contributed by atoms with Gasteiger partial charge in [0.25, 0.3) is 0 Å². The van der Waals surface area contributed by atoms with Crippen LogP contribution >= 0.6 is 0 Å². The summed E-state index contributed by atoms with van der Waals surface area (Å²) in [5, 5.41) is 169. The monoisotopic (exact) mass is 1470 g/mol. The number of carbonyl (C=O) groups is 5. The third-order valence-corrected chi connectivity index (χ3v) is 21.2. The molecule has 103 heavy (non-hydrogen) atoms. The average Bonchev–Trinajstić information content (AvgIpc) is 1.67. The summed E-state index contributed by atoms with van der Waals surface area (Å²) in [7, 11) is 2.22. The fourth-order valence-electron chi connectivity index (χ4n) is 15.2. The van der Waals surface area contributed by atoms with Crippen molar-refractivity contribution < 1.29 is 181 Å². The summed E-state index contributed by atoms with van der Waals surface area (Å²) < 4.78 is 93.4. The van der Waals surface area contributed by atoms with Crippen LogP contribution in [0.5, 0.6) is 0 Å². The highest BCUT2D eigenvalue weighted by molar-refractivity contribution is 5.93. The Morgan fingerprint density at radius 3 is 1.10 bits per heavy atom. The van der Waals surface area contributed by atoms with Crippen molar-refractivity contribution in [2.24, 2.45) is 59.2 Å². The highest BCUT2D eigenvalue weighted by Crippen LogP contribution is 2.52. The first-order valence-electron chi connectivity index (χ1n) is 33.4. The molecule has 2 saturated carbocycles. The molecule has 4 saturated heterocycles. The second kappa shape index (κ2) is 33.8. The highest BCUT2D eigenvalue weighted by Gasteiger charge is 2.59. The van der Waals surface area contributed by atoms with Gasteiger partial charge in [0, 0.05) is 53.3 Å². The van der Waals surface area contributed by atoms with E-state index in [-0.39, 0.29) is 35.1 Å². The minimum Gasteiger partial charge on any atom is -0.472 e. The zero-order valence-electron chi connectivity index (χ0n) is 56.0. The van der Waals surface area contributed by atoms with E-state index < -0.39 is 282 Å². The zero-order chi connectivity index (χ0) is 74.9. The Bertz CT molecular complexity index is 3170. The van der Waals surface area contributed by atoms with Gasteiger partial charge in [-0.2, -0.15) is 0 Å². The maximum absolute atomic E-state index is 15.3. The Balaban J connectivity index is 0.986. The number of hydrogen-bond acceptors (Lipinski definition) is 37. The number of methoxy groups -OCH3 is 2. The van der Waals surface area contributed by atoms with Crippen molar-refractivity contribution in [2.75, 3.05) is 40.6 Å². The molecule has 8 unspecified atom stereocenters. The Kier molecular flexibility index (Phi) is 26.1. The molecule has 0 aromatic rings. The van der Waals surface area contributed by atoms with Crippen molar-refractivity contribution in [1.82, 2.24) is 0 Å². The van der Waals surface area contributed by atoms with E-state index in [1.807, 2.05) is 0 Å². The van der Waals surface area contributed by atoms with E-state index in [2.05, 4.69) is 13.2 Å².